The topological polar surface area (TPSA) is 123 Å². The Morgan fingerprint density at radius 3 is 2.59 bits per heavy atom. The van der Waals surface area contributed by atoms with E-state index in [1.165, 1.54) is 0 Å². The maximum absolute atomic E-state index is 11.3. The van der Waals surface area contributed by atoms with Crippen molar-refractivity contribution in [3.8, 4) is 11.8 Å². The molecule has 5 N–H and O–H groups in total. The number of rotatable bonds is 2. The molecule has 27 heavy (non-hydrogen) atoms. The predicted octanol–water partition coefficient (Wildman–Crippen LogP) is 0.849. The Morgan fingerprint density at radius 2 is 1.96 bits per heavy atom. The molecule has 0 saturated carbocycles. The van der Waals surface area contributed by atoms with Crippen molar-refractivity contribution in [3.05, 3.63) is 35.2 Å². The third-order valence-corrected chi connectivity index (χ3v) is 4.41. The quantitative estimate of drug-likeness (QED) is 0.674. The van der Waals surface area contributed by atoms with Gasteiger partial charge in [-0.2, -0.15) is 4.98 Å². The highest BCUT2D eigenvalue weighted by Gasteiger charge is 2.23. The van der Waals surface area contributed by atoms with Crippen LogP contribution in [0.25, 0.3) is 0 Å². The summed E-state index contributed by atoms with van der Waals surface area (Å²) in [7, 11) is 0. The van der Waals surface area contributed by atoms with Crippen LogP contribution in [0.1, 0.15) is 36.6 Å². The zero-order valence-corrected chi connectivity index (χ0v) is 15.5. The third-order valence-electron chi connectivity index (χ3n) is 4.41. The molecule has 0 spiro atoms. The number of nitrogen functional groups attached to an aromatic ring is 2. The van der Waals surface area contributed by atoms with Crippen LogP contribution in [0.4, 0.5) is 17.6 Å². The molecule has 0 radical (unpaired) electrons. The number of amides is 1. The number of nitrogens with one attached hydrogen (secondary N) is 1. The van der Waals surface area contributed by atoms with Crippen molar-refractivity contribution in [2.24, 2.45) is 0 Å². The fourth-order valence-corrected chi connectivity index (χ4v) is 3.09. The van der Waals surface area contributed by atoms with Gasteiger partial charge in [-0.3, -0.25) is 4.79 Å². The Bertz CT molecular complexity index is 891. The highest BCUT2D eigenvalue weighted by atomic mass is 16.1. The van der Waals surface area contributed by atoms with Crippen LogP contribution >= 0.6 is 0 Å². The van der Waals surface area contributed by atoms with Gasteiger partial charge < -0.3 is 21.7 Å². The highest BCUT2D eigenvalue weighted by molar-refractivity contribution is 5.73. The van der Waals surface area contributed by atoms with E-state index in [-0.39, 0.29) is 17.9 Å². The van der Waals surface area contributed by atoms with Crippen molar-refractivity contribution < 1.29 is 4.79 Å². The summed E-state index contributed by atoms with van der Waals surface area (Å²) >= 11 is 0. The summed E-state index contributed by atoms with van der Waals surface area (Å²) in [4.78, 5) is 26.1. The molecule has 1 amide bonds. The van der Waals surface area contributed by atoms with Gasteiger partial charge in [-0.05, 0) is 31.9 Å². The lowest BCUT2D eigenvalue weighted by Gasteiger charge is -2.33. The molecule has 0 bridgehead atoms. The fraction of sp³-hybridized carbons (Fsp3) is 0.368. The minimum Gasteiger partial charge on any atom is -0.384 e. The zero-order valence-electron chi connectivity index (χ0n) is 15.5. The summed E-state index contributed by atoms with van der Waals surface area (Å²) in [6, 6.07) is 3.72. The molecule has 2 aromatic heterocycles. The summed E-state index contributed by atoms with van der Waals surface area (Å²) in [5.74, 6) is 7.67. The van der Waals surface area contributed by atoms with Crippen LogP contribution in [-0.2, 0) is 4.79 Å². The second kappa shape index (κ2) is 7.91. The Morgan fingerprint density at radius 1 is 1.22 bits per heavy atom. The highest BCUT2D eigenvalue weighted by Crippen LogP contribution is 2.24. The molecule has 0 aromatic carbocycles. The van der Waals surface area contributed by atoms with Crippen LogP contribution < -0.4 is 21.7 Å². The Balaban J connectivity index is 1.86. The lowest BCUT2D eigenvalue weighted by atomic mass is 10.0. The number of nitrogens with zero attached hydrogens (tertiary/aromatic N) is 4. The predicted molar refractivity (Wildman–Crippen MR) is 105 cm³/mol. The largest absolute Gasteiger partial charge is 0.384 e. The monoisotopic (exact) mass is 365 g/mol. The van der Waals surface area contributed by atoms with Crippen molar-refractivity contribution >= 4 is 23.5 Å². The van der Waals surface area contributed by atoms with Crippen molar-refractivity contribution in [2.45, 2.75) is 32.7 Å². The van der Waals surface area contributed by atoms with Crippen LogP contribution in [0.5, 0.6) is 0 Å². The van der Waals surface area contributed by atoms with Gasteiger partial charge in [0.05, 0.1) is 11.3 Å². The molecule has 0 atom stereocenters. The van der Waals surface area contributed by atoms with Crippen LogP contribution in [-0.4, -0.2) is 40.0 Å². The van der Waals surface area contributed by atoms with Crippen LogP contribution in [0, 0.1) is 18.8 Å². The molecule has 1 saturated heterocycles. The molecule has 3 heterocycles. The summed E-state index contributed by atoms with van der Waals surface area (Å²) in [5.41, 5.74) is 13.7. The van der Waals surface area contributed by atoms with Gasteiger partial charge in [-0.25, -0.2) is 9.97 Å². The molecule has 0 unspecified atom stereocenters. The molecule has 8 heteroatoms. The van der Waals surface area contributed by atoms with Gasteiger partial charge in [0.1, 0.15) is 11.6 Å². The molecule has 8 nitrogen and oxygen atoms in total. The lowest BCUT2D eigenvalue weighted by Crippen LogP contribution is -2.44. The first kappa shape index (κ1) is 18.5. The van der Waals surface area contributed by atoms with Gasteiger partial charge in [-0.15, -0.1) is 0 Å². The van der Waals surface area contributed by atoms with E-state index in [2.05, 4.69) is 37.0 Å². The van der Waals surface area contributed by atoms with E-state index in [4.69, 9.17) is 11.5 Å². The van der Waals surface area contributed by atoms with Crippen molar-refractivity contribution in [1.29, 1.82) is 0 Å². The SMILES string of the molecule is CC(=O)NC1CCN(c2nc(N)nc(C)c2C#Cc2ccc(N)nc2)CC1. The van der Waals surface area contributed by atoms with E-state index in [0.717, 1.165) is 48.6 Å². The number of hydrogen-bond donors (Lipinski definition) is 3. The fourth-order valence-electron chi connectivity index (χ4n) is 3.09. The maximum Gasteiger partial charge on any atom is 0.222 e. The second-order valence-corrected chi connectivity index (χ2v) is 6.55. The molecule has 1 fully saturated rings. The van der Waals surface area contributed by atoms with Crippen molar-refractivity contribution in [3.63, 3.8) is 0 Å². The number of pyridine rings is 1. The summed E-state index contributed by atoms with van der Waals surface area (Å²) in [5, 5.41) is 2.97. The number of anilines is 3. The molecule has 1 aliphatic heterocycles. The van der Waals surface area contributed by atoms with Crippen LogP contribution in [0.3, 0.4) is 0 Å². The van der Waals surface area contributed by atoms with Gasteiger partial charge in [0.15, 0.2) is 0 Å². The molecule has 0 aliphatic carbocycles. The van der Waals surface area contributed by atoms with E-state index in [1.54, 1.807) is 19.2 Å². The van der Waals surface area contributed by atoms with Crippen LogP contribution in [0.2, 0.25) is 0 Å². The van der Waals surface area contributed by atoms with Gasteiger partial charge in [0, 0.05) is 37.8 Å². The minimum absolute atomic E-state index is 0.000706. The summed E-state index contributed by atoms with van der Waals surface area (Å²) in [6.45, 7) is 4.94. The maximum atomic E-state index is 11.3. The van der Waals surface area contributed by atoms with Crippen molar-refractivity contribution in [2.75, 3.05) is 29.5 Å². The number of hydrogen-bond acceptors (Lipinski definition) is 7. The average molecular weight is 365 g/mol. The molecule has 3 rings (SSSR count). The summed E-state index contributed by atoms with van der Waals surface area (Å²) < 4.78 is 0. The van der Waals surface area contributed by atoms with Crippen LogP contribution in [0.15, 0.2) is 18.3 Å². The first-order valence-corrected chi connectivity index (χ1v) is 8.82. The standard InChI is InChI=1S/C19H23N7O/c1-12-16(5-3-14-4-6-17(20)22-11-14)18(25-19(21)23-12)26-9-7-15(8-10-26)24-13(2)27/h4,6,11,15H,7-10H2,1-2H3,(H2,20,22)(H,24,27)(H2,21,23,25). The molecular formula is C19H23N7O. The van der Waals surface area contributed by atoms with Gasteiger partial charge in [0.2, 0.25) is 11.9 Å². The Labute approximate surface area is 158 Å². The summed E-state index contributed by atoms with van der Waals surface area (Å²) in [6.07, 6.45) is 3.32. The smallest absolute Gasteiger partial charge is 0.222 e. The number of piperidine rings is 1. The zero-order chi connectivity index (χ0) is 19.4. The molecule has 1 aliphatic rings. The average Bonchev–Trinajstić information content (AvgIpc) is 2.62. The molecule has 140 valence electrons. The number of carbonyl (C=O) groups excluding carboxylic acids is 1. The Hall–Kier alpha value is -3.34. The minimum atomic E-state index is -0.000706. The van der Waals surface area contributed by atoms with Gasteiger partial charge >= 0.3 is 0 Å². The molecular weight excluding hydrogens is 342 g/mol. The number of nitrogens with two attached hydrogens (primary N) is 2. The first-order chi connectivity index (χ1) is 12.9. The second-order valence-electron chi connectivity index (χ2n) is 6.55. The normalized spacial score (nSPS) is 14.4. The van der Waals surface area contributed by atoms with E-state index < -0.39 is 0 Å². The lowest BCUT2D eigenvalue weighted by molar-refractivity contribution is -0.119. The third kappa shape index (κ3) is 4.64. The Kier molecular flexibility index (Phi) is 5.41. The van der Waals surface area contributed by atoms with E-state index in [9.17, 15) is 4.79 Å². The van der Waals surface area contributed by atoms with E-state index in [0.29, 0.717) is 5.82 Å². The number of carbonyl (C=O) groups is 1. The van der Waals surface area contributed by atoms with Crippen molar-refractivity contribution in [1.82, 2.24) is 20.3 Å². The number of aryl methyl sites for hydroxylation is 1. The van der Waals surface area contributed by atoms with E-state index >= 15 is 0 Å². The van der Waals surface area contributed by atoms with Gasteiger partial charge in [0.25, 0.3) is 0 Å². The molecule has 2 aromatic rings. The van der Waals surface area contributed by atoms with Gasteiger partial charge in [-0.1, -0.05) is 11.8 Å². The van der Waals surface area contributed by atoms with E-state index in [1.807, 2.05) is 13.0 Å². The number of aromatic nitrogens is 3. The first-order valence-electron chi connectivity index (χ1n) is 8.82.